The van der Waals surface area contributed by atoms with Crippen molar-refractivity contribution in [3.63, 3.8) is 0 Å². The van der Waals surface area contributed by atoms with Gasteiger partial charge >= 0.3 is 0 Å². The molecular formula is C42H65ClN2O3S. The molecule has 7 rings (SSSR count). The molecule has 0 aromatic heterocycles. The van der Waals surface area contributed by atoms with Gasteiger partial charge in [0.05, 0.1) is 11.5 Å². The zero-order chi connectivity index (χ0) is 35.2. The Kier molecular flexibility index (Phi) is 9.35. The third-order valence-electron chi connectivity index (χ3n) is 17.1. The number of rotatable bonds is 7. The minimum Gasteiger partial charge on any atom is -0.310 e. The molecule has 0 aromatic rings. The van der Waals surface area contributed by atoms with Gasteiger partial charge < -0.3 is 10.2 Å². The van der Waals surface area contributed by atoms with E-state index in [-0.39, 0.29) is 27.5 Å². The molecule has 7 heteroatoms. The molecule has 10 atom stereocenters. The summed E-state index contributed by atoms with van der Waals surface area (Å²) < 4.78 is 24.1. The average Bonchev–Trinajstić information content (AvgIpc) is 3.42. The molecule has 5 nitrogen and oxygen atoms in total. The molecule has 0 bridgehead atoms. The fourth-order valence-corrected chi connectivity index (χ4v) is 15.8. The Bertz CT molecular complexity index is 1520. The summed E-state index contributed by atoms with van der Waals surface area (Å²) in [6, 6.07) is 0. The summed E-state index contributed by atoms with van der Waals surface area (Å²) in [5, 5.41) is 4.05. The van der Waals surface area contributed by atoms with Crippen LogP contribution in [0.3, 0.4) is 0 Å². The van der Waals surface area contributed by atoms with Crippen LogP contribution in [0.5, 0.6) is 0 Å². The fourth-order valence-electron chi connectivity index (χ4n) is 14.3. The van der Waals surface area contributed by atoms with Crippen LogP contribution in [0.4, 0.5) is 0 Å². The Morgan fingerprint density at radius 1 is 0.939 bits per heavy atom. The summed E-state index contributed by atoms with van der Waals surface area (Å²) in [5.74, 6) is 3.90. The number of carbonyl (C=O) groups is 1. The highest BCUT2D eigenvalue weighted by Crippen LogP contribution is 2.76. The number of hydrogen-bond acceptors (Lipinski definition) is 5. The summed E-state index contributed by atoms with van der Waals surface area (Å²) in [7, 11) is -2.85. The monoisotopic (exact) mass is 712 g/mol. The smallest absolute Gasteiger partial charge is 0.225 e. The molecular weight excluding hydrogens is 648 g/mol. The minimum atomic E-state index is -2.85. The van der Waals surface area contributed by atoms with E-state index in [0.29, 0.717) is 59.1 Å². The first-order valence-electron chi connectivity index (χ1n) is 19.9. The molecule has 1 saturated heterocycles. The summed E-state index contributed by atoms with van der Waals surface area (Å²) in [5.41, 5.74) is 5.63. The number of allylic oxidation sites excluding steroid dienone is 5. The van der Waals surface area contributed by atoms with Gasteiger partial charge in [-0.15, -0.1) is 0 Å². The first-order chi connectivity index (χ1) is 23.0. The topological polar surface area (TPSA) is 66.5 Å². The lowest BCUT2D eigenvalue weighted by Gasteiger charge is -2.72. The maximum absolute atomic E-state index is 12.0. The van der Waals surface area contributed by atoms with E-state index in [1.165, 1.54) is 68.9 Å². The molecule has 0 aromatic carbocycles. The van der Waals surface area contributed by atoms with Gasteiger partial charge in [0.1, 0.15) is 0 Å². The molecule has 7 aliphatic rings. The number of hydrogen-bond donors (Lipinski definition) is 1. The zero-order valence-electron chi connectivity index (χ0n) is 31.5. The number of nitrogens with one attached hydrogen (secondary N) is 1. The van der Waals surface area contributed by atoms with Crippen molar-refractivity contribution in [1.82, 2.24) is 10.2 Å². The van der Waals surface area contributed by atoms with Crippen LogP contribution >= 0.6 is 11.6 Å². The van der Waals surface area contributed by atoms with Crippen molar-refractivity contribution < 1.29 is 13.2 Å². The van der Waals surface area contributed by atoms with Crippen molar-refractivity contribution in [3.8, 4) is 0 Å². The Balaban J connectivity index is 1.13. The van der Waals surface area contributed by atoms with Crippen LogP contribution in [-0.4, -0.2) is 61.8 Å². The molecule has 1 N–H and O–H groups in total. The quantitative estimate of drug-likeness (QED) is 0.211. The molecule has 6 aliphatic carbocycles. The van der Waals surface area contributed by atoms with Crippen molar-refractivity contribution >= 4 is 26.7 Å². The van der Waals surface area contributed by atoms with Crippen LogP contribution in [0.1, 0.15) is 119 Å². The van der Waals surface area contributed by atoms with E-state index in [9.17, 15) is 13.2 Å². The minimum absolute atomic E-state index is 0.0149. The van der Waals surface area contributed by atoms with Gasteiger partial charge in [-0.1, -0.05) is 58.9 Å². The third-order valence-corrected chi connectivity index (χ3v) is 19.0. The maximum Gasteiger partial charge on any atom is 0.225 e. The highest BCUT2D eigenvalue weighted by Gasteiger charge is 2.70. The van der Waals surface area contributed by atoms with Gasteiger partial charge in [-0.2, -0.15) is 0 Å². The van der Waals surface area contributed by atoms with E-state index in [2.05, 4.69) is 70.5 Å². The number of sulfone groups is 1. The summed E-state index contributed by atoms with van der Waals surface area (Å²) >= 11 is 5.90. The largest absolute Gasteiger partial charge is 0.310 e. The van der Waals surface area contributed by atoms with Crippen molar-refractivity contribution in [3.05, 3.63) is 35.5 Å². The second kappa shape index (κ2) is 12.6. The molecule has 1 aliphatic heterocycles. The van der Waals surface area contributed by atoms with Crippen molar-refractivity contribution in [2.45, 2.75) is 124 Å². The average molecular weight is 714 g/mol. The van der Waals surface area contributed by atoms with Gasteiger partial charge in [0, 0.05) is 37.6 Å². The Labute approximate surface area is 303 Å². The van der Waals surface area contributed by atoms with Crippen molar-refractivity contribution in [1.29, 1.82) is 0 Å². The van der Waals surface area contributed by atoms with Gasteiger partial charge in [-0.3, -0.25) is 4.79 Å². The van der Waals surface area contributed by atoms with Crippen LogP contribution in [0.2, 0.25) is 0 Å². The highest BCUT2D eigenvalue weighted by molar-refractivity contribution is 7.91. The molecule has 0 spiro atoms. The first-order valence-corrected chi connectivity index (χ1v) is 22.1. The number of fused-ring (bicyclic) bond motifs is 7. The SMILES string of the molecule is C=C(C)[C@@H]1CC[C@]2(NCCN3CCS(=O)(=O)CC3)CC[C@]3(C)[C@H](CC[C@@H]4[C@@]5(C)CC=C(C6=CCC(C(=O)Cl)CC6)C(C)(C)[C@@H]5CC[C@]43C)[C@@H]12. The lowest BCUT2D eigenvalue weighted by molar-refractivity contribution is -0.221. The Hall–Kier alpha value is -0.950. The molecule has 5 fully saturated rings. The van der Waals surface area contributed by atoms with Gasteiger partial charge in [-0.05, 0) is 158 Å². The van der Waals surface area contributed by atoms with Gasteiger partial charge in [0.15, 0.2) is 9.84 Å². The normalized spacial score (nSPS) is 45.9. The lowest BCUT2D eigenvalue weighted by atomic mass is 9.33. The molecule has 1 unspecified atom stereocenters. The molecule has 0 radical (unpaired) electrons. The van der Waals surface area contributed by atoms with E-state index in [1.54, 1.807) is 5.57 Å². The molecule has 4 saturated carbocycles. The maximum atomic E-state index is 12.0. The van der Waals surface area contributed by atoms with Crippen molar-refractivity contribution in [2.24, 2.45) is 57.2 Å². The van der Waals surface area contributed by atoms with Crippen molar-refractivity contribution in [2.75, 3.05) is 37.7 Å². The van der Waals surface area contributed by atoms with E-state index < -0.39 is 9.84 Å². The molecule has 49 heavy (non-hydrogen) atoms. The van der Waals surface area contributed by atoms with Crippen LogP contribution in [0, 0.1) is 57.2 Å². The van der Waals surface area contributed by atoms with Gasteiger partial charge in [0.25, 0.3) is 0 Å². The number of carbonyl (C=O) groups excluding carboxylic acids is 1. The first kappa shape index (κ1) is 36.4. The number of halogens is 1. The van der Waals surface area contributed by atoms with Crippen LogP contribution in [0.15, 0.2) is 35.5 Å². The predicted molar refractivity (Wildman–Crippen MR) is 202 cm³/mol. The van der Waals surface area contributed by atoms with E-state index >= 15 is 0 Å². The van der Waals surface area contributed by atoms with Gasteiger partial charge in [0.2, 0.25) is 5.24 Å². The van der Waals surface area contributed by atoms with Gasteiger partial charge in [-0.25, -0.2) is 8.42 Å². The van der Waals surface area contributed by atoms with E-state index in [0.717, 1.165) is 38.3 Å². The summed E-state index contributed by atoms with van der Waals surface area (Å²) in [4.78, 5) is 14.2. The number of nitrogens with zero attached hydrogens (tertiary/aromatic N) is 1. The third kappa shape index (κ3) is 5.73. The van der Waals surface area contributed by atoms with E-state index in [1.807, 2.05) is 0 Å². The standard InChI is InChI=1S/C42H65ClN2O3S/c1-28(2)31-14-19-42(44-22-23-45-24-26-49(47,48)27-25-45)21-20-40(6)33(36(31)42)12-13-35-39(5)17-15-32(29-8-10-30(11-9-29)37(43)46)38(3,4)34(39)16-18-41(35,40)7/h8,15,30-31,33-36,44H,1,9-14,16-27H2,2-7H3/t30?,31-,33+,34-,35+,36+,39-,40+,41+,42-/m0/s1. The Morgan fingerprint density at radius 2 is 1.67 bits per heavy atom. The summed E-state index contributed by atoms with van der Waals surface area (Å²) in [6.45, 7) is 23.4. The second-order valence-corrected chi connectivity index (χ2v) is 22.0. The molecule has 1 heterocycles. The fraction of sp³-hybridized carbons (Fsp3) is 0.833. The highest BCUT2D eigenvalue weighted by atomic mass is 35.5. The van der Waals surface area contributed by atoms with Crippen LogP contribution < -0.4 is 5.32 Å². The van der Waals surface area contributed by atoms with Crippen LogP contribution in [-0.2, 0) is 14.6 Å². The zero-order valence-corrected chi connectivity index (χ0v) is 33.1. The Morgan fingerprint density at radius 3 is 2.33 bits per heavy atom. The molecule has 0 amide bonds. The lowest BCUT2D eigenvalue weighted by Crippen LogP contribution is -2.68. The molecule has 274 valence electrons. The predicted octanol–water partition coefficient (Wildman–Crippen LogP) is 8.74. The second-order valence-electron chi connectivity index (χ2n) is 19.3. The van der Waals surface area contributed by atoms with Crippen LogP contribution in [0.25, 0.3) is 0 Å². The van der Waals surface area contributed by atoms with E-state index in [4.69, 9.17) is 11.6 Å². The summed E-state index contributed by atoms with van der Waals surface area (Å²) in [6.07, 6.45) is 19.2.